The van der Waals surface area contributed by atoms with Crippen LogP contribution in [0.5, 0.6) is 0 Å². The Bertz CT molecular complexity index is 858. The molecule has 0 aromatic heterocycles. The van der Waals surface area contributed by atoms with Crippen LogP contribution in [-0.2, 0) is 20.3 Å². The predicted octanol–water partition coefficient (Wildman–Crippen LogP) is 3.03. The lowest BCUT2D eigenvalue weighted by molar-refractivity contribution is -0.147. The van der Waals surface area contributed by atoms with E-state index in [1.807, 2.05) is 36.4 Å². The predicted molar refractivity (Wildman–Crippen MR) is 91.1 cm³/mol. The zero-order chi connectivity index (χ0) is 17.3. The van der Waals surface area contributed by atoms with Gasteiger partial charge in [-0.1, -0.05) is 48.5 Å². The average Bonchev–Trinajstić information content (AvgIpc) is 2.54. The average molecular weight is 344 g/mol. The van der Waals surface area contributed by atoms with Crippen molar-refractivity contribution in [1.29, 1.82) is 0 Å². The summed E-state index contributed by atoms with van der Waals surface area (Å²) < 4.78 is 13.7. The summed E-state index contributed by atoms with van der Waals surface area (Å²) >= 11 is 0. The van der Waals surface area contributed by atoms with Crippen molar-refractivity contribution in [2.24, 2.45) is 5.92 Å². The van der Waals surface area contributed by atoms with E-state index in [-0.39, 0.29) is 12.3 Å². The first kappa shape index (κ1) is 16.5. The van der Waals surface area contributed by atoms with Gasteiger partial charge in [0, 0.05) is 17.6 Å². The highest BCUT2D eigenvalue weighted by Gasteiger charge is 2.38. The number of carbonyl (C=O) groups is 2. The van der Waals surface area contributed by atoms with Gasteiger partial charge in [-0.05, 0) is 16.7 Å². The summed E-state index contributed by atoms with van der Waals surface area (Å²) in [5.41, 5.74) is 2.77. The van der Waals surface area contributed by atoms with Gasteiger partial charge in [0.25, 0.3) is 0 Å². The summed E-state index contributed by atoms with van der Waals surface area (Å²) in [6, 6.07) is 14.9. The number of carboxylic acid groups (broad SMARTS) is 2. The van der Waals surface area contributed by atoms with Gasteiger partial charge in [0.2, 0.25) is 0 Å². The standard InChI is InChI=1S/C18H17O5P/c19-17(20)9-13(18(21)22)11-24(23)10-12-5-1-2-6-14(12)15-7-3-4-8-16(15)24/h1-8,13H,9-11H2,(H,19,20)(H,21,22). The largest absolute Gasteiger partial charge is 0.481 e. The molecule has 6 heteroatoms. The molecule has 3 rings (SSSR count). The molecule has 0 bridgehead atoms. The van der Waals surface area contributed by atoms with Gasteiger partial charge in [0.1, 0.15) is 7.14 Å². The minimum Gasteiger partial charge on any atom is -0.481 e. The van der Waals surface area contributed by atoms with Gasteiger partial charge >= 0.3 is 11.9 Å². The lowest BCUT2D eigenvalue weighted by Crippen LogP contribution is -2.27. The molecule has 2 aromatic rings. The van der Waals surface area contributed by atoms with Crippen molar-refractivity contribution < 1.29 is 24.4 Å². The summed E-state index contributed by atoms with van der Waals surface area (Å²) in [6.07, 6.45) is -0.396. The minimum absolute atomic E-state index is 0.139. The van der Waals surface area contributed by atoms with Crippen LogP contribution in [0.15, 0.2) is 48.5 Å². The van der Waals surface area contributed by atoms with E-state index >= 15 is 0 Å². The molecule has 1 heterocycles. The highest BCUT2D eigenvalue weighted by Crippen LogP contribution is 2.56. The molecule has 2 N–H and O–H groups in total. The van der Waals surface area contributed by atoms with Gasteiger partial charge in [0.15, 0.2) is 0 Å². The fourth-order valence-electron chi connectivity index (χ4n) is 3.30. The van der Waals surface area contributed by atoms with Crippen LogP contribution >= 0.6 is 7.14 Å². The first-order chi connectivity index (χ1) is 11.4. The van der Waals surface area contributed by atoms with Crippen molar-refractivity contribution in [2.45, 2.75) is 12.6 Å². The number of hydrogen-bond acceptors (Lipinski definition) is 3. The highest BCUT2D eigenvalue weighted by atomic mass is 31.2. The van der Waals surface area contributed by atoms with Crippen molar-refractivity contribution in [2.75, 3.05) is 6.16 Å². The van der Waals surface area contributed by atoms with Crippen molar-refractivity contribution in [1.82, 2.24) is 0 Å². The number of hydrogen-bond donors (Lipinski definition) is 2. The monoisotopic (exact) mass is 344 g/mol. The van der Waals surface area contributed by atoms with E-state index in [1.165, 1.54) is 0 Å². The quantitative estimate of drug-likeness (QED) is 0.814. The maximum atomic E-state index is 13.7. The summed E-state index contributed by atoms with van der Waals surface area (Å²) in [4.78, 5) is 22.4. The molecule has 1 aliphatic heterocycles. The molecule has 2 unspecified atom stereocenters. The van der Waals surface area contributed by atoms with Crippen LogP contribution < -0.4 is 5.30 Å². The molecule has 0 amide bonds. The molecule has 0 saturated heterocycles. The van der Waals surface area contributed by atoms with E-state index in [1.54, 1.807) is 12.1 Å². The third kappa shape index (κ3) is 3.00. The molecule has 0 saturated carbocycles. The second-order valence-corrected chi connectivity index (χ2v) is 8.98. The molecular formula is C18H17O5P. The fraction of sp³-hybridized carbons (Fsp3) is 0.222. The van der Waals surface area contributed by atoms with Gasteiger partial charge in [-0.15, -0.1) is 0 Å². The molecule has 2 aromatic carbocycles. The molecule has 5 nitrogen and oxygen atoms in total. The number of carboxylic acids is 2. The number of aliphatic carboxylic acids is 2. The van der Waals surface area contributed by atoms with E-state index in [0.29, 0.717) is 5.30 Å². The smallest absolute Gasteiger partial charge is 0.307 e. The van der Waals surface area contributed by atoms with Crippen LogP contribution in [-0.4, -0.2) is 28.3 Å². The Morgan fingerprint density at radius 1 is 1.00 bits per heavy atom. The van der Waals surface area contributed by atoms with Crippen LogP contribution in [0.1, 0.15) is 12.0 Å². The molecule has 0 radical (unpaired) electrons. The Kier molecular flexibility index (Phi) is 4.29. The number of benzene rings is 2. The van der Waals surface area contributed by atoms with Gasteiger partial charge < -0.3 is 14.8 Å². The number of fused-ring (bicyclic) bond motifs is 3. The van der Waals surface area contributed by atoms with Crippen molar-refractivity contribution in [3.63, 3.8) is 0 Å². The lowest BCUT2D eigenvalue weighted by Gasteiger charge is -2.29. The van der Waals surface area contributed by atoms with Gasteiger partial charge in [-0.25, -0.2) is 0 Å². The van der Waals surface area contributed by atoms with Crippen molar-refractivity contribution in [3.05, 3.63) is 54.1 Å². The fourth-order valence-corrected chi connectivity index (χ4v) is 6.61. The summed E-state index contributed by atoms with van der Waals surface area (Å²) in [5.74, 6) is -3.57. The first-order valence-corrected chi connectivity index (χ1v) is 9.69. The second-order valence-electron chi connectivity index (χ2n) is 6.04. The van der Waals surface area contributed by atoms with Crippen LogP contribution in [0.3, 0.4) is 0 Å². The van der Waals surface area contributed by atoms with E-state index in [4.69, 9.17) is 5.11 Å². The zero-order valence-electron chi connectivity index (χ0n) is 12.9. The van der Waals surface area contributed by atoms with E-state index in [9.17, 15) is 19.3 Å². The Balaban J connectivity index is 2.06. The highest BCUT2D eigenvalue weighted by molar-refractivity contribution is 7.71. The Morgan fingerprint density at radius 3 is 2.29 bits per heavy atom. The lowest BCUT2D eigenvalue weighted by atomic mass is 10.0. The van der Waals surface area contributed by atoms with Crippen LogP contribution in [0.25, 0.3) is 11.1 Å². The maximum absolute atomic E-state index is 13.7. The minimum atomic E-state index is -3.05. The Hall–Kier alpha value is -2.39. The molecular weight excluding hydrogens is 327 g/mol. The third-order valence-electron chi connectivity index (χ3n) is 4.36. The molecule has 124 valence electrons. The van der Waals surface area contributed by atoms with Gasteiger partial charge in [-0.3, -0.25) is 9.59 Å². The summed E-state index contributed by atoms with van der Waals surface area (Å²) in [6.45, 7) is 0. The van der Waals surface area contributed by atoms with E-state index in [2.05, 4.69) is 0 Å². The molecule has 0 aliphatic carbocycles. The summed E-state index contributed by atoms with van der Waals surface area (Å²) in [7, 11) is -3.05. The third-order valence-corrected chi connectivity index (χ3v) is 7.51. The zero-order valence-corrected chi connectivity index (χ0v) is 13.8. The van der Waals surface area contributed by atoms with Gasteiger partial charge in [-0.2, -0.15) is 0 Å². The van der Waals surface area contributed by atoms with Crippen molar-refractivity contribution in [3.8, 4) is 11.1 Å². The van der Waals surface area contributed by atoms with Crippen LogP contribution in [0.4, 0.5) is 0 Å². The van der Waals surface area contributed by atoms with Crippen LogP contribution in [0.2, 0.25) is 0 Å². The second kappa shape index (κ2) is 6.25. The van der Waals surface area contributed by atoms with E-state index < -0.39 is 31.4 Å². The Labute approximate surface area is 139 Å². The van der Waals surface area contributed by atoms with Crippen LogP contribution in [0, 0.1) is 5.92 Å². The number of rotatable bonds is 5. The summed E-state index contributed by atoms with van der Waals surface area (Å²) in [5, 5.41) is 18.9. The first-order valence-electron chi connectivity index (χ1n) is 7.61. The maximum Gasteiger partial charge on any atom is 0.307 e. The van der Waals surface area contributed by atoms with Gasteiger partial charge in [0.05, 0.1) is 12.3 Å². The normalized spacial score (nSPS) is 19.8. The molecule has 1 aliphatic rings. The molecule has 0 spiro atoms. The topological polar surface area (TPSA) is 91.7 Å². The SMILES string of the molecule is O=C(O)CC(CP1(=O)Cc2ccccc2-c2ccccc21)C(=O)O. The molecule has 2 atom stereocenters. The van der Waals surface area contributed by atoms with Crippen molar-refractivity contribution >= 4 is 24.4 Å². The molecule has 0 fully saturated rings. The Morgan fingerprint density at radius 2 is 1.62 bits per heavy atom. The molecule has 24 heavy (non-hydrogen) atoms. The van der Waals surface area contributed by atoms with E-state index in [0.717, 1.165) is 16.7 Å².